The van der Waals surface area contributed by atoms with Crippen LogP contribution >= 0.6 is 0 Å². The van der Waals surface area contributed by atoms with Crippen LogP contribution in [0, 0.1) is 5.92 Å². The molecule has 0 saturated heterocycles. The van der Waals surface area contributed by atoms with Crippen LogP contribution in [-0.4, -0.2) is 25.2 Å². The fraction of sp³-hybridized carbons (Fsp3) is 0.533. The summed E-state index contributed by atoms with van der Waals surface area (Å²) in [6.45, 7) is 4.43. The SMILES string of the molecule is CCOc1ccc(NC(=O)[C@](C)(OC)C2CC2)cc1. The van der Waals surface area contributed by atoms with E-state index in [0.29, 0.717) is 12.5 Å². The summed E-state index contributed by atoms with van der Waals surface area (Å²) in [7, 11) is 1.59. The van der Waals surface area contributed by atoms with E-state index in [1.54, 1.807) is 7.11 Å². The first kappa shape index (κ1) is 13.9. The van der Waals surface area contributed by atoms with Gasteiger partial charge >= 0.3 is 0 Å². The van der Waals surface area contributed by atoms with Crippen molar-refractivity contribution in [2.45, 2.75) is 32.3 Å². The zero-order valence-corrected chi connectivity index (χ0v) is 11.7. The smallest absolute Gasteiger partial charge is 0.256 e. The van der Waals surface area contributed by atoms with Crippen molar-refractivity contribution < 1.29 is 14.3 Å². The monoisotopic (exact) mass is 263 g/mol. The van der Waals surface area contributed by atoms with Gasteiger partial charge in [-0.3, -0.25) is 4.79 Å². The molecule has 0 unspecified atom stereocenters. The first-order valence-corrected chi connectivity index (χ1v) is 6.69. The second-order valence-corrected chi connectivity index (χ2v) is 5.00. The lowest BCUT2D eigenvalue weighted by Gasteiger charge is -2.26. The molecule has 1 amide bonds. The number of benzene rings is 1. The van der Waals surface area contributed by atoms with Crippen molar-refractivity contribution in [3.05, 3.63) is 24.3 Å². The van der Waals surface area contributed by atoms with Crippen LogP contribution in [0.2, 0.25) is 0 Å². The van der Waals surface area contributed by atoms with Crippen LogP contribution in [0.25, 0.3) is 0 Å². The highest BCUT2D eigenvalue weighted by Gasteiger charge is 2.47. The van der Waals surface area contributed by atoms with Crippen LogP contribution in [0.5, 0.6) is 5.75 Å². The number of ether oxygens (including phenoxy) is 2. The third-order valence-electron chi connectivity index (χ3n) is 3.65. The van der Waals surface area contributed by atoms with Gasteiger partial charge in [0.2, 0.25) is 0 Å². The minimum atomic E-state index is -0.724. The molecule has 4 heteroatoms. The molecule has 1 atom stereocenters. The highest BCUT2D eigenvalue weighted by molar-refractivity contribution is 5.97. The Hall–Kier alpha value is -1.55. The van der Waals surface area contributed by atoms with Crippen molar-refractivity contribution >= 4 is 11.6 Å². The van der Waals surface area contributed by atoms with Gasteiger partial charge in [0.15, 0.2) is 0 Å². The summed E-state index contributed by atoms with van der Waals surface area (Å²) in [5, 5.41) is 2.90. The number of nitrogens with one attached hydrogen (secondary N) is 1. The number of methoxy groups -OCH3 is 1. The van der Waals surface area contributed by atoms with Crippen LogP contribution in [0.1, 0.15) is 26.7 Å². The first-order valence-electron chi connectivity index (χ1n) is 6.69. The molecular weight excluding hydrogens is 242 g/mol. The maximum Gasteiger partial charge on any atom is 0.256 e. The predicted octanol–water partition coefficient (Wildman–Crippen LogP) is 2.84. The molecule has 0 heterocycles. The van der Waals surface area contributed by atoms with Gasteiger partial charge in [0.05, 0.1) is 6.61 Å². The average Bonchev–Trinajstić information content (AvgIpc) is 3.25. The number of amides is 1. The quantitative estimate of drug-likeness (QED) is 0.858. The van der Waals surface area contributed by atoms with Gasteiger partial charge in [0, 0.05) is 12.8 Å². The molecule has 1 aromatic carbocycles. The standard InChI is InChI=1S/C15H21NO3/c1-4-19-13-9-7-12(8-10-13)16-14(17)15(2,18-3)11-5-6-11/h7-11H,4-6H2,1-3H3,(H,16,17)/t15-/m1/s1. The fourth-order valence-corrected chi connectivity index (χ4v) is 2.14. The van der Waals surface area contributed by atoms with E-state index in [9.17, 15) is 4.79 Å². The Balaban J connectivity index is 2.01. The van der Waals surface area contributed by atoms with E-state index < -0.39 is 5.60 Å². The predicted molar refractivity (Wildman–Crippen MR) is 74.4 cm³/mol. The van der Waals surface area contributed by atoms with Crippen molar-refractivity contribution in [1.82, 2.24) is 0 Å². The zero-order chi connectivity index (χ0) is 13.9. The molecule has 1 fully saturated rings. The second-order valence-electron chi connectivity index (χ2n) is 5.00. The first-order chi connectivity index (χ1) is 9.10. The average molecular weight is 263 g/mol. The molecule has 0 aliphatic heterocycles. The Bertz CT molecular complexity index is 439. The highest BCUT2D eigenvalue weighted by Crippen LogP contribution is 2.42. The van der Waals surface area contributed by atoms with Gasteiger partial charge in [-0.05, 0) is 56.9 Å². The molecule has 0 bridgehead atoms. The van der Waals surface area contributed by atoms with Crippen molar-refractivity contribution in [3.8, 4) is 5.75 Å². The molecule has 1 N–H and O–H groups in total. The molecule has 4 nitrogen and oxygen atoms in total. The molecule has 1 aliphatic rings. The maximum atomic E-state index is 12.3. The maximum absolute atomic E-state index is 12.3. The number of anilines is 1. The van der Waals surface area contributed by atoms with Crippen LogP contribution in [0.15, 0.2) is 24.3 Å². The molecule has 1 saturated carbocycles. The van der Waals surface area contributed by atoms with E-state index >= 15 is 0 Å². The van der Waals surface area contributed by atoms with Crippen molar-refractivity contribution in [2.75, 3.05) is 19.0 Å². The topological polar surface area (TPSA) is 47.6 Å². The number of rotatable bonds is 6. The minimum Gasteiger partial charge on any atom is -0.494 e. The van der Waals surface area contributed by atoms with Crippen LogP contribution < -0.4 is 10.1 Å². The molecule has 1 aromatic rings. The fourth-order valence-electron chi connectivity index (χ4n) is 2.14. The Morgan fingerprint density at radius 3 is 2.47 bits per heavy atom. The Morgan fingerprint density at radius 2 is 2.00 bits per heavy atom. The van der Waals surface area contributed by atoms with Gasteiger partial charge in [0.25, 0.3) is 5.91 Å². The van der Waals surface area contributed by atoms with Gasteiger partial charge < -0.3 is 14.8 Å². The van der Waals surface area contributed by atoms with E-state index in [1.165, 1.54) is 0 Å². The zero-order valence-electron chi connectivity index (χ0n) is 11.7. The number of hydrogen-bond acceptors (Lipinski definition) is 3. The van der Waals surface area contributed by atoms with Gasteiger partial charge in [-0.1, -0.05) is 0 Å². The van der Waals surface area contributed by atoms with E-state index in [2.05, 4.69) is 5.32 Å². The van der Waals surface area contributed by atoms with Crippen molar-refractivity contribution in [2.24, 2.45) is 5.92 Å². The van der Waals surface area contributed by atoms with Crippen molar-refractivity contribution in [3.63, 3.8) is 0 Å². The van der Waals surface area contributed by atoms with Gasteiger partial charge in [-0.15, -0.1) is 0 Å². The Labute approximate surface area is 114 Å². The molecule has 0 radical (unpaired) electrons. The van der Waals surface area contributed by atoms with E-state index in [1.807, 2.05) is 38.1 Å². The number of hydrogen-bond donors (Lipinski definition) is 1. The number of carbonyl (C=O) groups is 1. The second kappa shape index (κ2) is 5.61. The third-order valence-corrected chi connectivity index (χ3v) is 3.65. The summed E-state index contributed by atoms with van der Waals surface area (Å²) in [6.07, 6.45) is 2.11. The molecule has 2 rings (SSSR count). The van der Waals surface area contributed by atoms with Crippen molar-refractivity contribution in [1.29, 1.82) is 0 Å². The summed E-state index contributed by atoms with van der Waals surface area (Å²) < 4.78 is 10.8. The largest absolute Gasteiger partial charge is 0.494 e. The van der Waals surface area contributed by atoms with Crippen LogP contribution in [0.4, 0.5) is 5.69 Å². The van der Waals surface area contributed by atoms with Crippen LogP contribution in [0.3, 0.4) is 0 Å². The molecule has 104 valence electrons. The lowest BCUT2D eigenvalue weighted by Crippen LogP contribution is -2.43. The summed E-state index contributed by atoms with van der Waals surface area (Å²) in [5.74, 6) is 1.05. The van der Waals surface area contributed by atoms with Gasteiger partial charge in [0.1, 0.15) is 11.4 Å². The number of carbonyl (C=O) groups excluding carboxylic acids is 1. The van der Waals surface area contributed by atoms with Crippen LogP contribution in [-0.2, 0) is 9.53 Å². The van der Waals surface area contributed by atoms with E-state index in [-0.39, 0.29) is 5.91 Å². The molecule has 1 aliphatic carbocycles. The van der Waals surface area contributed by atoms with Gasteiger partial charge in [-0.2, -0.15) is 0 Å². The normalized spacial score (nSPS) is 17.6. The Kier molecular flexibility index (Phi) is 4.10. The Morgan fingerprint density at radius 1 is 1.37 bits per heavy atom. The summed E-state index contributed by atoms with van der Waals surface area (Å²) in [4.78, 5) is 12.3. The van der Waals surface area contributed by atoms with E-state index in [0.717, 1.165) is 24.3 Å². The molecule has 0 spiro atoms. The lowest BCUT2D eigenvalue weighted by atomic mass is 9.99. The summed E-state index contributed by atoms with van der Waals surface area (Å²) >= 11 is 0. The summed E-state index contributed by atoms with van der Waals surface area (Å²) in [6, 6.07) is 7.37. The highest BCUT2D eigenvalue weighted by atomic mass is 16.5. The molecular formula is C15H21NO3. The van der Waals surface area contributed by atoms with E-state index in [4.69, 9.17) is 9.47 Å². The lowest BCUT2D eigenvalue weighted by molar-refractivity contribution is -0.138. The molecule has 0 aromatic heterocycles. The minimum absolute atomic E-state index is 0.0818. The molecule has 19 heavy (non-hydrogen) atoms. The summed E-state index contributed by atoms with van der Waals surface area (Å²) in [5.41, 5.74) is 0.0378. The third kappa shape index (κ3) is 3.07. The van der Waals surface area contributed by atoms with Gasteiger partial charge in [-0.25, -0.2) is 0 Å².